The monoisotopic (exact) mass is 212 g/mol. The minimum atomic E-state index is -0.308. The number of amides is 1. The van der Waals surface area contributed by atoms with Crippen molar-refractivity contribution in [2.75, 3.05) is 13.7 Å². The average Bonchev–Trinajstić information content (AvgIpc) is 2.29. The third-order valence-electron chi connectivity index (χ3n) is 1.48. The van der Waals surface area contributed by atoms with Gasteiger partial charge in [0, 0.05) is 12.2 Å². The van der Waals surface area contributed by atoms with Crippen LogP contribution in [0.5, 0.6) is 5.75 Å². The van der Waals surface area contributed by atoms with E-state index in [1.807, 2.05) is 5.43 Å². The lowest BCUT2D eigenvalue weighted by molar-refractivity contribution is 0.0953. The Hall–Kier alpha value is -1.59. The highest BCUT2D eigenvalue weighted by molar-refractivity contribution is 5.93. The second-order valence-electron chi connectivity index (χ2n) is 2.52. The maximum atomic E-state index is 10.9. The third kappa shape index (κ3) is 4.99. The lowest BCUT2D eigenvalue weighted by Crippen LogP contribution is -2.29. The van der Waals surface area contributed by atoms with Crippen LogP contribution < -0.4 is 16.0 Å². The van der Waals surface area contributed by atoms with Crippen LogP contribution in [-0.4, -0.2) is 24.7 Å². The predicted molar refractivity (Wildman–Crippen MR) is 57.4 cm³/mol. The predicted octanol–water partition coefficient (Wildman–Crippen LogP) is 0.297. The number of benzene rings is 1. The average molecular weight is 212 g/mol. The van der Waals surface area contributed by atoms with Gasteiger partial charge in [0.15, 0.2) is 0 Å². The Labute approximate surface area is 88.8 Å². The Kier molecular flexibility index (Phi) is 6.96. The molecule has 0 saturated carbocycles. The number of carbonyl (C=O) groups excluding carboxylic acids is 1. The van der Waals surface area contributed by atoms with Crippen molar-refractivity contribution in [3.8, 4) is 5.75 Å². The molecule has 0 unspecified atom stereocenters. The van der Waals surface area contributed by atoms with Gasteiger partial charge in [-0.1, -0.05) is 0 Å². The number of carbonyl (C=O) groups is 1. The summed E-state index contributed by atoms with van der Waals surface area (Å²) in [6, 6.07) is 6.68. The molecule has 84 valence electrons. The van der Waals surface area contributed by atoms with Crippen LogP contribution in [0, 0.1) is 0 Å². The summed E-state index contributed by atoms with van der Waals surface area (Å²) in [5.41, 5.74) is 2.55. The van der Waals surface area contributed by atoms with Gasteiger partial charge in [0.25, 0.3) is 5.91 Å². The maximum Gasteiger partial charge on any atom is 0.265 e. The molecule has 1 amide bonds. The van der Waals surface area contributed by atoms with E-state index >= 15 is 0 Å². The van der Waals surface area contributed by atoms with Gasteiger partial charge in [-0.15, -0.1) is 0 Å². The van der Waals surface area contributed by atoms with E-state index in [0.717, 1.165) is 0 Å². The maximum absolute atomic E-state index is 10.9. The van der Waals surface area contributed by atoms with Crippen molar-refractivity contribution in [3.63, 3.8) is 0 Å². The first-order valence-corrected chi connectivity index (χ1v) is 4.45. The topological polar surface area (TPSA) is 84.6 Å². The fourth-order valence-corrected chi connectivity index (χ4v) is 0.826. The van der Waals surface area contributed by atoms with E-state index in [4.69, 9.17) is 15.7 Å². The van der Waals surface area contributed by atoms with Gasteiger partial charge in [0.05, 0.1) is 7.11 Å². The summed E-state index contributed by atoms with van der Waals surface area (Å²) < 4.78 is 4.92. The van der Waals surface area contributed by atoms with Gasteiger partial charge < -0.3 is 9.84 Å². The number of aliphatic hydroxyl groups excluding tert-OH is 1. The van der Waals surface area contributed by atoms with Crippen LogP contribution >= 0.6 is 0 Å². The summed E-state index contributed by atoms with van der Waals surface area (Å²) in [5, 5.41) is 7.57. The quantitative estimate of drug-likeness (QED) is 0.374. The van der Waals surface area contributed by atoms with Crippen LogP contribution in [0.3, 0.4) is 0 Å². The van der Waals surface area contributed by atoms with Gasteiger partial charge in [0.1, 0.15) is 5.75 Å². The molecular formula is C10H16N2O3. The largest absolute Gasteiger partial charge is 0.497 e. The van der Waals surface area contributed by atoms with Crippen LogP contribution in [0.25, 0.3) is 0 Å². The van der Waals surface area contributed by atoms with Crippen molar-refractivity contribution in [1.82, 2.24) is 5.43 Å². The third-order valence-corrected chi connectivity index (χ3v) is 1.48. The van der Waals surface area contributed by atoms with Gasteiger partial charge in [-0.25, -0.2) is 5.84 Å². The number of hydrogen-bond acceptors (Lipinski definition) is 4. The molecule has 5 nitrogen and oxygen atoms in total. The van der Waals surface area contributed by atoms with Gasteiger partial charge in [-0.2, -0.15) is 0 Å². The van der Waals surface area contributed by atoms with E-state index in [2.05, 4.69) is 0 Å². The molecule has 0 saturated heterocycles. The first-order valence-electron chi connectivity index (χ1n) is 4.45. The van der Waals surface area contributed by atoms with E-state index in [-0.39, 0.29) is 12.5 Å². The highest BCUT2D eigenvalue weighted by Crippen LogP contribution is 2.10. The number of ether oxygens (including phenoxy) is 1. The molecule has 0 aliphatic rings. The fraction of sp³-hybridized carbons (Fsp3) is 0.300. The Bertz CT molecular complexity index is 285. The van der Waals surface area contributed by atoms with Gasteiger partial charge in [-0.05, 0) is 31.2 Å². The van der Waals surface area contributed by atoms with E-state index in [0.29, 0.717) is 11.3 Å². The molecule has 0 atom stereocenters. The number of hydrazine groups is 1. The summed E-state index contributed by atoms with van der Waals surface area (Å²) in [6.45, 7) is 1.93. The molecule has 1 aromatic carbocycles. The molecule has 0 aliphatic carbocycles. The van der Waals surface area contributed by atoms with Gasteiger partial charge in [0.2, 0.25) is 0 Å². The van der Waals surface area contributed by atoms with Crippen LogP contribution in [-0.2, 0) is 0 Å². The van der Waals surface area contributed by atoms with Crippen molar-refractivity contribution >= 4 is 5.91 Å². The minimum Gasteiger partial charge on any atom is -0.497 e. The molecule has 1 aromatic rings. The lowest BCUT2D eigenvalue weighted by atomic mass is 10.2. The molecule has 0 radical (unpaired) electrons. The summed E-state index contributed by atoms with van der Waals surface area (Å²) >= 11 is 0. The Morgan fingerprint density at radius 3 is 2.27 bits per heavy atom. The summed E-state index contributed by atoms with van der Waals surface area (Å²) in [6.07, 6.45) is 0. The van der Waals surface area contributed by atoms with Gasteiger partial charge in [-0.3, -0.25) is 10.2 Å². The molecule has 0 heterocycles. The van der Waals surface area contributed by atoms with Crippen LogP contribution in [0.2, 0.25) is 0 Å². The number of methoxy groups -OCH3 is 1. The molecule has 0 spiro atoms. The molecule has 0 bridgehead atoms. The minimum absolute atomic E-state index is 0.250. The zero-order valence-corrected chi connectivity index (χ0v) is 8.86. The SMILES string of the molecule is CCO.COc1ccc(C(=O)NN)cc1. The molecule has 5 heteroatoms. The fourth-order valence-electron chi connectivity index (χ4n) is 0.826. The van der Waals surface area contributed by atoms with Gasteiger partial charge >= 0.3 is 0 Å². The molecule has 0 aliphatic heterocycles. The highest BCUT2D eigenvalue weighted by atomic mass is 16.5. The van der Waals surface area contributed by atoms with Crippen LogP contribution in [0.4, 0.5) is 0 Å². The van der Waals surface area contributed by atoms with Crippen molar-refractivity contribution in [3.05, 3.63) is 29.8 Å². The number of rotatable bonds is 2. The second kappa shape index (κ2) is 7.78. The summed E-state index contributed by atoms with van der Waals surface area (Å²) in [7, 11) is 1.57. The summed E-state index contributed by atoms with van der Waals surface area (Å²) in [4.78, 5) is 10.9. The Morgan fingerprint density at radius 1 is 1.47 bits per heavy atom. The molecule has 15 heavy (non-hydrogen) atoms. The van der Waals surface area contributed by atoms with Crippen LogP contribution in [0.1, 0.15) is 17.3 Å². The zero-order valence-electron chi connectivity index (χ0n) is 8.86. The molecule has 0 aromatic heterocycles. The number of hydrogen-bond donors (Lipinski definition) is 3. The van der Waals surface area contributed by atoms with E-state index in [1.165, 1.54) is 0 Å². The van der Waals surface area contributed by atoms with Crippen molar-refractivity contribution in [1.29, 1.82) is 0 Å². The number of aliphatic hydroxyl groups is 1. The zero-order chi connectivity index (χ0) is 11.7. The Balaban J connectivity index is 0.000000583. The highest BCUT2D eigenvalue weighted by Gasteiger charge is 2.01. The van der Waals surface area contributed by atoms with E-state index in [9.17, 15) is 4.79 Å². The normalized spacial score (nSPS) is 8.53. The first-order chi connectivity index (χ1) is 7.19. The van der Waals surface area contributed by atoms with E-state index in [1.54, 1.807) is 38.3 Å². The second-order valence-corrected chi connectivity index (χ2v) is 2.52. The molecule has 0 fully saturated rings. The van der Waals surface area contributed by atoms with Crippen molar-refractivity contribution in [2.45, 2.75) is 6.92 Å². The number of nitrogens with one attached hydrogen (secondary N) is 1. The molecule has 4 N–H and O–H groups in total. The van der Waals surface area contributed by atoms with Crippen molar-refractivity contribution < 1.29 is 14.6 Å². The Morgan fingerprint density at radius 2 is 1.93 bits per heavy atom. The standard InChI is InChI=1S/C8H10N2O2.C2H6O/c1-12-7-4-2-6(3-5-7)8(11)10-9;1-2-3/h2-5H,9H2,1H3,(H,10,11);3H,2H2,1H3. The molecular weight excluding hydrogens is 196 g/mol. The summed E-state index contributed by atoms with van der Waals surface area (Å²) in [5.74, 6) is 5.35. The number of nitrogens with two attached hydrogens (primary N) is 1. The van der Waals surface area contributed by atoms with Crippen molar-refractivity contribution in [2.24, 2.45) is 5.84 Å². The van der Waals surface area contributed by atoms with Crippen LogP contribution in [0.15, 0.2) is 24.3 Å². The van der Waals surface area contributed by atoms with E-state index < -0.39 is 0 Å². The number of nitrogen functional groups attached to an aromatic ring is 1. The molecule has 1 rings (SSSR count). The smallest absolute Gasteiger partial charge is 0.265 e. The first kappa shape index (κ1) is 13.4. The lowest BCUT2D eigenvalue weighted by Gasteiger charge is -2.01.